The van der Waals surface area contributed by atoms with E-state index in [1.165, 1.54) is 7.11 Å². The van der Waals surface area contributed by atoms with Gasteiger partial charge < -0.3 is 14.6 Å². The molecule has 1 N–H and O–H groups in total. The van der Waals surface area contributed by atoms with Gasteiger partial charge in [0.1, 0.15) is 5.75 Å². The van der Waals surface area contributed by atoms with Crippen LogP contribution < -0.4 is 4.74 Å². The van der Waals surface area contributed by atoms with Crippen LogP contribution in [-0.2, 0) is 16.1 Å². The zero-order chi connectivity index (χ0) is 13.2. The molecule has 0 unspecified atom stereocenters. The van der Waals surface area contributed by atoms with Crippen LogP contribution in [-0.4, -0.2) is 24.8 Å². The molecule has 1 aromatic carbocycles. The average Bonchev–Trinajstić information content (AvgIpc) is 2.43. The summed E-state index contributed by atoms with van der Waals surface area (Å²) < 4.78 is 10.1. The molecule has 4 heteroatoms. The molecule has 0 aromatic heterocycles. The fraction of sp³-hybridized carbons (Fsp3) is 0.500. The van der Waals surface area contributed by atoms with Crippen LogP contribution in [0.5, 0.6) is 5.75 Å². The number of rotatable bonds is 8. The van der Waals surface area contributed by atoms with Crippen molar-refractivity contribution in [3.05, 3.63) is 29.8 Å². The highest BCUT2D eigenvalue weighted by atomic mass is 16.5. The molecule has 0 radical (unpaired) electrons. The Hall–Kier alpha value is -1.55. The van der Waals surface area contributed by atoms with Crippen LogP contribution in [0, 0.1) is 0 Å². The van der Waals surface area contributed by atoms with Crippen LogP contribution in [0.4, 0.5) is 0 Å². The molecule has 0 fully saturated rings. The minimum Gasteiger partial charge on any atom is -0.494 e. The van der Waals surface area contributed by atoms with Crippen molar-refractivity contribution in [1.29, 1.82) is 0 Å². The summed E-state index contributed by atoms with van der Waals surface area (Å²) in [5, 5.41) is 8.89. The smallest absolute Gasteiger partial charge is 0.305 e. The highest BCUT2D eigenvalue weighted by molar-refractivity contribution is 5.68. The summed E-state index contributed by atoms with van der Waals surface area (Å²) in [4.78, 5) is 10.9. The largest absolute Gasteiger partial charge is 0.494 e. The number of methoxy groups -OCH3 is 1. The molecule has 0 atom stereocenters. The first-order valence-electron chi connectivity index (χ1n) is 6.15. The third kappa shape index (κ3) is 5.68. The third-order valence-corrected chi connectivity index (χ3v) is 2.63. The van der Waals surface area contributed by atoms with Gasteiger partial charge in [0.2, 0.25) is 0 Å². The van der Waals surface area contributed by atoms with Gasteiger partial charge in [-0.1, -0.05) is 12.1 Å². The Morgan fingerprint density at radius 3 is 2.50 bits per heavy atom. The van der Waals surface area contributed by atoms with Crippen molar-refractivity contribution in [1.82, 2.24) is 0 Å². The number of carbonyl (C=O) groups excluding carboxylic acids is 1. The molecule has 0 heterocycles. The van der Waals surface area contributed by atoms with E-state index in [0.29, 0.717) is 13.0 Å². The molecular weight excluding hydrogens is 232 g/mol. The van der Waals surface area contributed by atoms with Gasteiger partial charge in [-0.3, -0.25) is 4.79 Å². The first kappa shape index (κ1) is 14.5. The Bertz CT molecular complexity index is 345. The van der Waals surface area contributed by atoms with Gasteiger partial charge in [0.15, 0.2) is 0 Å². The van der Waals surface area contributed by atoms with E-state index >= 15 is 0 Å². The van der Waals surface area contributed by atoms with Crippen LogP contribution in [0.15, 0.2) is 24.3 Å². The van der Waals surface area contributed by atoms with Gasteiger partial charge in [-0.05, 0) is 37.0 Å². The maximum absolute atomic E-state index is 10.9. The SMILES string of the molecule is COC(=O)CCCCCOc1ccc(CO)cc1. The van der Waals surface area contributed by atoms with Crippen molar-refractivity contribution < 1.29 is 19.4 Å². The van der Waals surface area contributed by atoms with Gasteiger partial charge in [-0.25, -0.2) is 0 Å². The number of ether oxygens (including phenoxy) is 2. The molecule has 4 nitrogen and oxygen atoms in total. The maximum atomic E-state index is 10.9. The Kier molecular flexibility index (Phi) is 6.87. The van der Waals surface area contributed by atoms with Crippen LogP contribution >= 0.6 is 0 Å². The van der Waals surface area contributed by atoms with Crippen molar-refractivity contribution in [2.24, 2.45) is 0 Å². The van der Waals surface area contributed by atoms with Crippen molar-refractivity contribution >= 4 is 5.97 Å². The predicted octanol–water partition coefficient (Wildman–Crippen LogP) is 2.29. The highest BCUT2D eigenvalue weighted by Gasteiger charge is 1.99. The van der Waals surface area contributed by atoms with Crippen LogP contribution in [0.3, 0.4) is 0 Å². The molecule has 0 spiro atoms. The monoisotopic (exact) mass is 252 g/mol. The minimum atomic E-state index is -0.157. The normalized spacial score (nSPS) is 10.1. The van der Waals surface area contributed by atoms with Gasteiger partial charge in [0, 0.05) is 6.42 Å². The molecule has 0 aliphatic heterocycles. The highest BCUT2D eigenvalue weighted by Crippen LogP contribution is 2.13. The van der Waals surface area contributed by atoms with Crippen molar-refractivity contribution in [2.45, 2.75) is 32.3 Å². The lowest BCUT2D eigenvalue weighted by molar-refractivity contribution is -0.140. The zero-order valence-electron chi connectivity index (χ0n) is 10.7. The van der Waals surface area contributed by atoms with Gasteiger partial charge in [-0.15, -0.1) is 0 Å². The average molecular weight is 252 g/mol. The lowest BCUT2D eigenvalue weighted by Gasteiger charge is -2.06. The Morgan fingerprint density at radius 2 is 1.89 bits per heavy atom. The van der Waals surface area contributed by atoms with Crippen molar-refractivity contribution in [2.75, 3.05) is 13.7 Å². The molecule has 0 amide bonds. The summed E-state index contributed by atoms with van der Waals surface area (Å²) in [6.45, 7) is 0.688. The summed E-state index contributed by atoms with van der Waals surface area (Å²) in [5.74, 6) is 0.649. The number of unbranched alkanes of at least 4 members (excludes halogenated alkanes) is 2. The van der Waals surface area contributed by atoms with Crippen LogP contribution in [0.25, 0.3) is 0 Å². The Labute approximate surface area is 108 Å². The number of esters is 1. The molecule has 0 aliphatic carbocycles. The van der Waals surface area contributed by atoms with Crippen LogP contribution in [0.2, 0.25) is 0 Å². The quantitative estimate of drug-likeness (QED) is 0.569. The summed E-state index contributed by atoms with van der Waals surface area (Å²) in [7, 11) is 1.40. The van der Waals surface area contributed by atoms with E-state index in [0.717, 1.165) is 30.6 Å². The van der Waals surface area contributed by atoms with Crippen molar-refractivity contribution in [3.8, 4) is 5.75 Å². The number of hydrogen-bond acceptors (Lipinski definition) is 4. The number of aliphatic hydroxyl groups excluding tert-OH is 1. The van der Waals surface area contributed by atoms with E-state index in [4.69, 9.17) is 9.84 Å². The Morgan fingerprint density at radius 1 is 1.17 bits per heavy atom. The van der Waals surface area contributed by atoms with Gasteiger partial charge in [-0.2, -0.15) is 0 Å². The number of hydrogen-bond donors (Lipinski definition) is 1. The van der Waals surface area contributed by atoms with Gasteiger partial charge in [0.25, 0.3) is 0 Å². The fourth-order valence-corrected chi connectivity index (χ4v) is 1.53. The number of aliphatic hydroxyl groups is 1. The van der Waals surface area contributed by atoms with E-state index in [1.807, 2.05) is 24.3 Å². The standard InChI is InChI=1S/C14H20O4/c1-17-14(16)5-3-2-4-10-18-13-8-6-12(11-15)7-9-13/h6-9,15H,2-5,10-11H2,1H3. The summed E-state index contributed by atoms with van der Waals surface area (Å²) in [6, 6.07) is 7.37. The van der Waals surface area contributed by atoms with E-state index in [2.05, 4.69) is 4.74 Å². The maximum Gasteiger partial charge on any atom is 0.305 e. The molecular formula is C14H20O4. The molecule has 0 saturated heterocycles. The Balaban J connectivity index is 2.08. The minimum absolute atomic E-state index is 0.0494. The first-order chi connectivity index (χ1) is 8.76. The van der Waals surface area contributed by atoms with E-state index in [-0.39, 0.29) is 12.6 Å². The molecule has 0 aliphatic rings. The molecule has 1 aromatic rings. The van der Waals surface area contributed by atoms with E-state index in [9.17, 15) is 4.79 Å². The van der Waals surface area contributed by atoms with Gasteiger partial charge >= 0.3 is 5.97 Å². The first-order valence-corrected chi connectivity index (χ1v) is 6.15. The van der Waals surface area contributed by atoms with Gasteiger partial charge in [0.05, 0.1) is 20.3 Å². The second-order valence-electron chi connectivity index (χ2n) is 4.04. The molecule has 18 heavy (non-hydrogen) atoms. The second-order valence-corrected chi connectivity index (χ2v) is 4.04. The van der Waals surface area contributed by atoms with Crippen molar-refractivity contribution in [3.63, 3.8) is 0 Å². The summed E-state index contributed by atoms with van der Waals surface area (Å²) in [5.41, 5.74) is 0.875. The topological polar surface area (TPSA) is 55.8 Å². The fourth-order valence-electron chi connectivity index (χ4n) is 1.53. The van der Waals surface area contributed by atoms with E-state index in [1.54, 1.807) is 0 Å². The number of benzene rings is 1. The molecule has 0 bridgehead atoms. The van der Waals surface area contributed by atoms with E-state index < -0.39 is 0 Å². The molecule has 1 rings (SSSR count). The summed E-state index contributed by atoms with van der Waals surface area (Å²) >= 11 is 0. The lowest BCUT2D eigenvalue weighted by Crippen LogP contribution is -2.01. The second kappa shape index (κ2) is 8.53. The summed E-state index contributed by atoms with van der Waals surface area (Å²) in [6.07, 6.45) is 3.17. The predicted molar refractivity (Wildman–Crippen MR) is 68.3 cm³/mol. The zero-order valence-corrected chi connectivity index (χ0v) is 10.7. The number of carbonyl (C=O) groups is 1. The van der Waals surface area contributed by atoms with Crippen LogP contribution in [0.1, 0.15) is 31.2 Å². The molecule has 0 saturated carbocycles. The molecule has 100 valence electrons. The third-order valence-electron chi connectivity index (χ3n) is 2.63. The lowest BCUT2D eigenvalue weighted by atomic mass is 10.2.